The first-order valence-electron chi connectivity index (χ1n) is 11.6. The van der Waals surface area contributed by atoms with E-state index in [4.69, 9.17) is 27.7 Å². The molecule has 1 amide bonds. The van der Waals surface area contributed by atoms with Gasteiger partial charge in [-0.2, -0.15) is 4.98 Å². The van der Waals surface area contributed by atoms with Crippen LogP contribution in [0.3, 0.4) is 0 Å². The van der Waals surface area contributed by atoms with E-state index in [1.54, 1.807) is 19.1 Å². The van der Waals surface area contributed by atoms with Gasteiger partial charge >= 0.3 is 0 Å². The fraction of sp³-hybridized carbons (Fsp3) is 0.417. The Morgan fingerprint density at radius 1 is 1.19 bits per heavy atom. The van der Waals surface area contributed by atoms with Crippen LogP contribution in [0.2, 0.25) is 10.0 Å². The quantitative estimate of drug-likeness (QED) is 0.388. The van der Waals surface area contributed by atoms with Gasteiger partial charge in [0.2, 0.25) is 17.7 Å². The van der Waals surface area contributed by atoms with Gasteiger partial charge in [0.15, 0.2) is 15.7 Å². The Kier molecular flexibility index (Phi) is 6.52. The van der Waals surface area contributed by atoms with Gasteiger partial charge in [0, 0.05) is 51.9 Å². The van der Waals surface area contributed by atoms with Crippen molar-refractivity contribution >= 4 is 44.6 Å². The van der Waals surface area contributed by atoms with Gasteiger partial charge in [0.1, 0.15) is 0 Å². The van der Waals surface area contributed by atoms with Crippen molar-refractivity contribution in [3.05, 3.63) is 63.5 Å². The molecule has 0 spiro atoms. The fourth-order valence-corrected chi connectivity index (χ4v) is 6.15. The summed E-state index contributed by atoms with van der Waals surface area (Å²) in [5, 5.41) is 7.36. The van der Waals surface area contributed by atoms with Crippen LogP contribution in [0, 0.1) is 0 Å². The van der Waals surface area contributed by atoms with Crippen LogP contribution in [0.1, 0.15) is 61.5 Å². The molecule has 0 aliphatic heterocycles. The average molecular weight is 571 g/mol. The van der Waals surface area contributed by atoms with E-state index in [2.05, 4.69) is 20.4 Å². The number of benzene rings is 1. The highest BCUT2D eigenvalue weighted by Gasteiger charge is 2.54. The molecule has 8 nitrogen and oxygen atoms in total. The van der Waals surface area contributed by atoms with E-state index in [-0.39, 0.29) is 41.7 Å². The predicted octanol–water partition coefficient (Wildman–Crippen LogP) is 5.34. The van der Waals surface area contributed by atoms with E-state index >= 15 is 0 Å². The molecule has 196 valence electrons. The van der Waals surface area contributed by atoms with Crippen LogP contribution in [0.25, 0.3) is 0 Å². The van der Waals surface area contributed by atoms with Crippen LogP contribution in [-0.2, 0) is 26.5 Å². The topological polar surface area (TPSA) is 115 Å². The minimum atomic E-state index is -3.38. The predicted molar refractivity (Wildman–Crippen MR) is 132 cm³/mol. The lowest BCUT2D eigenvalue weighted by Gasteiger charge is -2.32. The highest BCUT2D eigenvalue weighted by atomic mass is 35.5. The molecule has 1 N–H and O–H groups in total. The van der Waals surface area contributed by atoms with Crippen molar-refractivity contribution < 1.29 is 26.5 Å². The van der Waals surface area contributed by atoms with E-state index < -0.39 is 27.1 Å². The second-order valence-electron chi connectivity index (χ2n) is 9.43. The molecule has 2 aliphatic carbocycles. The maximum atomic E-state index is 13.2. The number of aromatic nitrogens is 3. The molecule has 1 aromatic carbocycles. The van der Waals surface area contributed by atoms with E-state index in [0.717, 1.165) is 0 Å². The number of amides is 1. The molecule has 2 fully saturated rings. The van der Waals surface area contributed by atoms with Gasteiger partial charge in [-0.3, -0.25) is 9.78 Å². The van der Waals surface area contributed by atoms with Gasteiger partial charge in [-0.25, -0.2) is 17.2 Å². The number of nitrogens with one attached hydrogen (secondary N) is 1. The van der Waals surface area contributed by atoms with Crippen molar-refractivity contribution in [1.82, 2.24) is 15.1 Å². The normalized spacial score (nSPS) is 18.3. The van der Waals surface area contributed by atoms with Gasteiger partial charge in [-0.15, -0.1) is 0 Å². The number of rotatable bonds is 8. The second-order valence-corrected chi connectivity index (χ2v) is 12.5. The first-order valence-corrected chi connectivity index (χ1v) is 14.0. The number of carbonyl (C=O) groups is 1. The van der Waals surface area contributed by atoms with Crippen LogP contribution in [0.15, 0.2) is 39.9 Å². The van der Waals surface area contributed by atoms with Gasteiger partial charge in [-0.1, -0.05) is 35.3 Å². The third-order valence-corrected chi connectivity index (χ3v) is 9.06. The number of hydrogen-bond donors (Lipinski definition) is 1. The molecule has 0 atom stereocenters. The van der Waals surface area contributed by atoms with Crippen LogP contribution >= 0.6 is 23.2 Å². The molecule has 2 saturated carbocycles. The summed E-state index contributed by atoms with van der Waals surface area (Å²) in [5.41, 5.74) is 0.690. The van der Waals surface area contributed by atoms with Gasteiger partial charge in [0.05, 0.1) is 22.5 Å². The van der Waals surface area contributed by atoms with E-state index in [0.29, 0.717) is 45.7 Å². The van der Waals surface area contributed by atoms with Crippen molar-refractivity contribution in [2.24, 2.45) is 0 Å². The Morgan fingerprint density at radius 3 is 2.41 bits per heavy atom. The van der Waals surface area contributed by atoms with Crippen molar-refractivity contribution in [2.75, 3.05) is 11.1 Å². The lowest BCUT2D eigenvalue weighted by Crippen LogP contribution is -2.33. The summed E-state index contributed by atoms with van der Waals surface area (Å²) in [6, 6.07) is 6.05. The monoisotopic (exact) mass is 570 g/mol. The molecule has 3 aromatic rings. The van der Waals surface area contributed by atoms with E-state index in [9.17, 15) is 22.0 Å². The van der Waals surface area contributed by atoms with Crippen molar-refractivity contribution in [2.45, 2.75) is 61.2 Å². The Morgan fingerprint density at radius 2 is 1.86 bits per heavy atom. The first kappa shape index (κ1) is 26.0. The summed E-state index contributed by atoms with van der Waals surface area (Å²) in [6.45, 7) is 1.54. The van der Waals surface area contributed by atoms with Crippen molar-refractivity contribution in [3.8, 4) is 0 Å². The zero-order chi connectivity index (χ0) is 26.6. The third-order valence-electron chi connectivity index (χ3n) is 6.74. The zero-order valence-corrected chi connectivity index (χ0v) is 21.9. The first-order chi connectivity index (χ1) is 17.4. The molecule has 37 heavy (non-hydrogen) atoms. The number of alkyl halides is 2. The summed E-state index contributed by atoms with van der Waals surface area (Å²) < 4.78 is 55.6. The highest BCUT2D eigenvalue weighted by Crippen LogP contribution is 2.57. The van der Waals surface area contributed by atoms with Gasteiger partial charge < -0.3 is 9.84 Å². The summed E-state index contributed by atoms with van der Waals surface area (Å²) in [5.74, 6) is -3.04. The Hall–Kier alpha value is -2.63. The maximum Gasteiger partial charge on any atom is 0.249 e. The number of halogens is 4. The molecule has 0 unspecified atom stereocenters. The molecule has 2 aliphatic rings. The number of pyridine rings is 1. The molecule has 0 bridgehead atoms. The van der Waals surface area contributed by atoms with Crippen LogP contribution < -0.4 is 5.32 Å². The molecular weight excluding hydrogens is 549 g/mol. The highest BCUT2D eigenvalue weighted by molar-refractivity contribution is 7.91. The Bertz CT molecular complexity index is 1440. The summed E-state index contributed by atoms with van der Waals surface area (Å²) >= 11 is 13.2. The molecular formula is C24H22Cl2F2N4O4S. The van der Waals surface area contributed by atoms with Crippen molar-refractivity contribution in [1.29, 1.82) is 0 Å². The number of sulfone groups is 1. The SMILES string of the molecule is CCS(=O)(=O)c1ccc(CC(=O)Nc2cc(Cl)c(C3(c4noc(C5CC(F)(F)C5)n4)CC3)c(Cl)c2)nc1. The van der Waals surface area contributed by atoms with Crippen LogP contribution in [-0.4, -0.2) is 41.1 Å². The molecule has 2 aromatic heterocycles. The van der Waals surface area contributed by atoms with Gasteiger partial charge in [0.25, 0.3) is 0 Å². The number of carbonyl (C=O) groups excluding carboxylic acids is 1. The molecule has 0 radical (unpaired) electrons. The third kappa shape index (κ3) is 5.08. The molecule has 2 heterocycles. The molecule has 13 heteroatoms. The Balaban J connectivity index is 1.29. The van der Waals surface area contributed by atoms with E-state index in [1.807, 2.05) is 0 Å². The second kappa shape index (κ2) is 9.28. The minimum Gasteiger partial charge on any atom is -0.339 e. The van der Waals surface area contributed by atoms with Gasteiger partial charge in [-0.05, 0) is 37.1 Å². The largest absolute Gasteiger partial charge is 0.339 e. The number of anilines is 1. The average Bonchev–Trinajstić information content (AvgIpc) is 3.44. The van der Waals surface area contributed by atoms with Crippen LogP contribution in [0.5, 0.6) is 0 Å². The zero-order valence-electron chi connectivity index (χ0n) is 19.6. The summed E-state index contributed by atoms with van der Waals surface area (Å²) in [6.07, 6.45) is 1.85. The van der Waals surface area contributed by atoms with E-state index in [1.165, 1.54) is 18.3 Å². The number of nitrogens with zero attached hydrogens (tertiary/aromatic N) is 3. The summed E-state index contributed by atoms with van der Waals surface area (Å²) in [7, 11) is -3.38. The summed E-state index contributed by atoms with van der Waals surface area (Å²) in [4.78, 5) is 21.1. The standard InChI is InChI=1S/C24H22Cl2F2N4O4S/c1-2-37(34,35)16-4-3-14(29-12-16)9-19(33)30-15-7-17(25)20(18(26)8-15)23(5-6-23)22-31-21(36-32-22)13-10-24(27,28)11-13/h3-4,7-8,12-13H,2,5-6,9-11H2,1H3,(H,30,33). The maximum absolute atomic E-state index is 13.2. The smallest absolute Gasteiger partial charge is 0.249 e. The van der Waals surface area contributed by atoms with Crippen LogP contribution in [0.4, 0.5) is 14.5 Å². The van der Waals surface area contributed by atoms with Crippen molar-refractivity contribution in [3.63, 3.8) is 0 Å². The molecule has 0 saturated heterocycles. The number of hydrogen-bond acceptors (Lipinski definition) is 7. The lowest BCUT2D eigenvalue weighted by molar-refractivity contribution is -0.115. The molecule has 5 rings (SSSR count). The lowest BCUT2D eigenvalue weighted by atomic mass is 9.81. The Labute approximate surface area is 221 Å². The fourth-order valence-electron chi connectivity index (χ4n) is 4.48. The minimum absolute atomic E-state index is 0.0410.